The van der Waals surface area contributed by atoms with Crippen molar-refractivity contribution in [3.05, 3.63) is 71.8 Å². The van der Waals surface area contributed by atoms with Crippen molar-refractivity contribution in [2.75, 3.05) is 6.61 Å². The fraction of sp³-hybridized carbons (Fsp3) is 0.381. The summed E-state index contributed by atoms with van der Waals surface area (Å²) >= 11 is 0. The molecule has 2 aromatic rings. The van der Waals surface area contributed by atoms with Gasteiger partial charge in [0.2, 0.25) is 0 Å². The van der Waals surface area contributed by atoms with Crippen molar-refractivity contribution in [1.82, 2.24) is 5.48 Å². The molecule has 0 unspecified atom stereocenters. The number of amides is 1. The maximum absolute atomic E-state index is 11.9. The standard InChI is InChI=1S/C21H23NO5/c23-20(22-24)27-18-19-25-14-17(26-19)13-21(18,11-15-7-3-1-4-8-15)12-16-9-5-2-6-10-16/h1-10,17-19,24H,11-14H2,(H,22,23)/t17-,18+,19+/m0/s1. The topological polar surface area (TPSA) is 77.0 Å². The van der Waals surface area contributed by atoms with Gasteiger partial charge < -0.3 is 14.2 Å². The van der Waals surface area contributed by atoms with Gasteiger partial charge in [0.05, 0.1) is 12.7 Å². The first-order valence-electron chi connectivity index (χ1n) is 9.14. The van der Waals surface area contributed by atoms with Gasteiger partial charge in [-0.15, -0.1) is 0 Å². The molecule has 27 heavy (non-hydrogen) atoms. The molecule has 142 valence electrons. The van der Waals surface area contributed by atoms with Crippen LogP contribution < -0.4 is 5.48 Å². The van der Waals surface area contributed by atoms with Crippen molar-refractivity contribution in [1.29, 1.82) is 0 Å². The highest BCUT2D eigenvalue weighted by molar-refractivity contribution is 5.66. The summed E-state index contributed by atoms with van der Waals surface area (Å²) < 4.78 is 17.2. The highest BCUT2D eigenvalue weighted by Crippen LogP contribution is 2.47. The molecule has 3 atom stereocenters. The number of carbonyl (C=O) groups excluding carboxylic acids is 1. The molecule has 0 aliphatic carbocycles. The van der Waals surface area contributed by atoms with Crippen molar-refractivity contribution in [3.8, 4) is 0 Å². The van der Waals surface area contributed by atoms with E-state index in [-0.39, 0.29) is 6.10 Å². The molecule has 1 amide bonds. The van der Waals surface area contributed by atoms with Crippen molar-refractivity contribution < 1.29 is 24.2 Å². The zero-order valence-corrected chi connectivity index (χ0v) is 14.9. The second-order valence-corrected chi connectivity index (χ2v) is 7.29. The summed E-state index contributed by atoms with van der Waals surface area (Å²) in [5, 5.41) is 8.98. The molecule has 6 nitrogen and oxygen atoms in total. The fourth-order valence-corrected chi connectivity index (χ4v) is 4.33. The van der Waals surface area contributed by atoms with Gasteiger partial charge in [-0.1, -0.05) is 60.7 Å². The van der Waals surface area contributed by atoms with E-state index in [1.54, 1.807) is 5.48 Å². The summed E-state index contributed by atoms with van der Waals surface area (Å²) in [5.41, 5.74) is 3.48. The van der Waals surface area contributed by atoms with Crippen LogP contribution in [0, 0.1) is 5.41 Å². The number of benzene rings is 2. The maximum Gasteiger partial charge on any atom is 0.431 e. The quantitative estimate of drug-likeness (QED) is 0.626. The Morgan fingerprint density at radius 2 is 1.67 bits per heavy atom. The van der Waals surface area contributed by atoms with Gasteiger partial charge in [-0.25, -0.2) is 10.3 Å². The Hall–Kier alpha value is -2.41. The molecule has 2 N–H and O–H groups in total. The summed E-state index contributed by atoms with van der Waals surface area (Å²) in [5.74, 6) is 0. The fourth-order valence-electron chi connectivity index (χ4n) is 4.33. The van der Waals surface area contributed by atoms with Crippen LogP contribution in [0.1, 0.15) is 17.5 Å². The van der Waals surface area contributed by atoms with E-state index in [1.807, 2.05) is 36.4 Å². The lowest BCUT2D eigenvalue weighted by molar-refractivity contribution is -0.207. The van der Waals surface area contributed by atoms with E-state index in [2.05, 4.69) is 24.3 Å². The normalized spacial score (nSPS) is 25.7. The van der Waals surface area contributed by atoms with Gasteiger partial charge in [-0.2, -0.15) is 0 Å². The number of fused-ring (bicyclic) bond motifs is 2. The molecular formula is C21H23NO5. The summed E-state index contributed by atoms with van der Waals surface area (Å²) in [7, 11) is 0. The summed E-state index contributed by atoms with van der Waals surface area (Å²) in [6, 6.07) is 20.3. The predicted molar refractivity (Wildman–Crippen MR) is 97.1 cm³/mol. The van der Waals surface area contributed by atoms with Crippen molar-refractivity contribution in [3.63, 3.8) is 0 Å². The molecule has 0 spiro atoms. The highest BCUT2D eigenvalue weighted by Gasteiger charge is 2.55. The molecule has 2 heterocycles. The third-order valence-corrected chi connectivity index (χ3v) is 5.38. The molecular weight excluding hydrogens is 346 g/mol. The average Bonchev–Trinajstić information content (AvgIpc) is 3.09. The van der Waals surface area contributed by atoms with Gasteiger partial charge in [0, 0.05) is 5.41 Å². The van der Waals surface area contributed by atoms with Gasteiger partial charge >= 0.3 is 6.09 Å². The van der Waals surface area contributed by atoms with Crippen molar-refractivity contribution in [2.24, 2.45) is 5.41 Å². The van der Waals surface area contributed by atoms with E-state index in [4.69, 9.17) is 19.4 Å². The zero-order valence-electron chi connectivity index (χ0n) is 14.9. The number of ether oxygens (including phenoxy) is 3. The van der Waals surface area contributed by atoms with E-state index in [0.29, 0.717) is 25.9 Å². The molecule has 2 fully saturated rings. The van der Waals surface area contributed by atoms with Gasteiger partial charge in [-0.05, 0) is 30.4 Å². The number of hydroxylamine groups is 1. The Kier molecular flexibility index (Phi) is 5.11. The SMILES string of the molecule is O=C(NO)O[C@@H]1[C@@H]2OC[C@H](CC1(Cc1ccccc1)Cc1ccccc1)O2. The van der Waals surface area contributed by atoms with Crippen LogP contribution in [0.4, 0.5) is 4.79 Å². The van der Waals surface area contributed by atoms with E-state index in [1.165, 1.54) is 0 Å². The van der Waals surface area contributed by atoms with Crippen LogP contribution >= 0.6 is 0 Å². The second kappa shape index (κ2) is 7.68. The van der Waals surface area contributed by atoms with Crippen LogP contribution in [0.3, 0.4) is 0 Å². The minimum absolute atomic E-state index is 0.0283. The lowest BCUT2D eigenvalue weighted by atomic mass is 9.67. The van der Waals surface area contributed by atoms with Crippen molar-refractivity contribution >= 4 is 6.09 Å². The Bertz CT molecular complexity index is 725. The van der Waals surface area contributed by atoms with Crippen molar-refractivity contribution in [2.45, 2.75) is 37.8 Å². The number of hydrogen-bond donors (Lipinski definition) is 2. The predicted octanol–water partition coefficient (Wildman–Crippen LogP) is 3.09. The summed E-state index contributed by atoms with van der Waals surface area (Å²) in [4.78, 5) is 11.9. The van der Waals surface area contributed by atoms with E-state index in [0.717, 1.165) is 11.1 Å². The van der Waals surface area contributed by atoms with E-state index >= 15 is 0 Å². The lowest BCUT2D eigenvalue weighted by Gasteiger charge is -2.45. The molecule has 2 saturated heterocycles. The average molecular weight is 369 g/mol. The number of nitrogens with one attached hydrogen (secondary N) is 1. The smallest absolute Gasteiger partial charge is 0.431 e. The zero-order chi connectivity index (χ0) is 18.7. The lowest BCUT2D eigenvalue weighted by Crippen LogP contribution is -2.54. The Morgan fingerprint density at radius 1 is 1.07 bits per heavy atom. The minimum Gasteiger partial charge on any atom is -0.439 e. The number of hydrogen-bond acceptors (Lipinski definition) is 5. The largest absolute Gasteiger partial charge is 0.439 e. The van der Waals surface area contributed by atoms with Crippen LogP contribution in [0.15, 0.2) is 60.7 Å². The van der Waals surface area contributed by atoms with Crippen LogP contribution in [-0.4, -0.2) is 36.4 Å². The molecule has 4 rings (SSSR count). The maximum atomic E-state index is 11.9. The second-order valence-electron chi connectivity index (χ2n) is 7.29. The monoisotopic (exact) mass is 369 g/mol. The molecule has 0 radical (unpaired) electrons. The molecule has 0 aromatic heterocycles. The van der Waals surface area contributed by atoms with Crippen LogP contribution in [0.5, 0.6) is 0 Å². The summed E-state index contributed by atoms with van der Waals surface area (Å²) in [6.07, 6.45) is -0.0614. The minimum atomic E-state index is -0.900. The first-order chi connectivity index (χ1) is 13.2. The van der Waals surface area contributed by atoms with E-state index in [9.17, 15) is 4.79 Å². The molecule has 2 aliphatic heterocycles. The molecule has 2 aliphatic rings. The third-order valence-electron chi connectivity index (χ3n) is 5.38. The Balaban J connectivity index is 1.72. The molecule has 2 bridgehead atoms. The molecule has 0 saturated carbocycles. The Labute approximate surface area is 158 Å². The van der Waals surface area contributed by atoms with Gasteiger partial charge in [0.15, 0.2) is 12.4 Å². The first kappa shape index (κ1) is 18.0. The molecule has 6 heteroatoms. The van der Waals surface area contributed by atoms with Crippen LogP contribution in [0.25, 0.3) is 0 Å². The molecule has 2 aromatic carbocycles. The van der Waals surface area contributed by atoms with Gasteiger partial charge in [-0.3, -0.25) is 5.21 Å². The van der Waals surface area contributed by atoms with E-state index < -0.39 is 23.9 Å². The Morgan fingerprint density at radius 3 is 2.22 bits per heavy atom. The third kappa shape index (κ3) is 3.83. The van der Waals surface area contributed by atoms with Crippen LogP contribution in [-0.2, 0) is 27.1 Å². The number of carbonyl (C=O) groups is 1. The van der Waals surface area contributed by atoms with Gasteiger partial charge in [0.25, 0.3) is 0 Å². The summed E-state index contributed by atoms with van der Waals surface area (Å²) in [6.45, 7) is 0.483. The highest BCUT2D eigenvalue weighted by atomic mass is 16.7. The van der Waals surface area contributed by atoms with Crippen LogP contribution in [0.2, 0.25) is 0 Å². The first-order valence-corrected chi connectivity index (χ1v) is 9.14. The van der Waals surface area contributed by atoms with Gasteiger partial charge in [0.1, 0.15) is 0 Å². The number of rotatable bonds is 5.